The molecular weight excluding hydrogens is 456 g/mol. The lowest BCUT2D eigenvalue weighted by molar-refractivity contribution is -0.0594. The summed E-state index contributed by atoms with van der Waals surface area (Å²) in [5, 5.41) is 9.52. The Morgan fingerprint density at radius 2 is 1.76 bits per heavy atom. The van der Waals surface area contributed by atoms with Gasteiger partial charge in [-0.2, -0.15) is 0 Å². The second-order valence-corrected chi connectivity index (χ2v) is 14.1. The smallest absolute Gasteiger partial charge is 0.338 e. The third-order valence-corrected chi connectivity index (χ3v) is 11.6. The van der Waals surface area contributed by atoms with Crippen molar-refractivity contribution < 1.29 is 14.6 Å². The zero-order valence-electron chi connectivity index (χ0n) is 24.0. The van der Waals surface area contributed by atoms with Gasteiger partial charge >= 0.3 is 5.97 Å². The number of ether oxygens (including phenoxy) is 1. The molecule has 0 aliphatic heterocycles. The molecule has 37 heavy (non-hydrogen) atoms. The van der Waals surface area contributed by atoms with E-state index >= 15 is 0 Å². The molecule has 5 rings (SSSR count). The molecule has 3 fully saturated rings. The molecule has 1 aromatic carbocycles. The van der Waals surface area contributed by atoms with Crippen molar-refractivity contribution >= 4 is 5.97 Å². The Labute approximate surface area is 225 Å². The summed E-state index contributed by atoms with van der Waals surface area (Å²) in [5.74, 6) is 4.98. The summed E-state index contributed by atoms with van der Waals surface area (Å²) in [6.45, 7) is 12.5. The van der Waals surface area contributed by atoms with E-state index in [4.69, 9.17) is 4.74 Å². The molecule has 0 heterocycles. The van der Waals surface area contributed by atoms with Crippen LogP contribution in [0.1, 0.15) is 116 Å². The molecule has 0 spiro atoms. The van der Waals surface area contributed by atoms with Crippen LogP contribution in [0.3, 0.4) is 0 Å². The van der Waals surface area contributed by atoms with Crippen molar-refractivity contribution in [2.75, 3.05) is 0 Å². The van der Waals surface area contributed by atoms with Crippen LogP contribution < -0.4 is 0 Å². The van der Waals surface area contributed by atoms with E-state index in [1.54, 1.807) is 29.8 Å². The van der Waals surface area contributed by atoms with E-state index in [9.17, 15) is 9.90 Å². The van der Waals surface area contributed by atoms with E-state index in [2.05, 4.69) is 40.7 Å². The topological polar surface area (TPSA) is 46.5 Å². The van der Waals surface area contributed by atoms with Crippen molar-refractivity contribution in [3.63, 3.8) is 0 Å². The fourth-order valence-electron chi connectivity index (χ4n) is 9.57. The minimum atomic E-state index is -0.268. The lowest BCUT2D eigenvalue weighted by Gasteiger charge is -2.58. The molecule has 3 nitrogen and oxygen atoms in total. The van der Waals surface area contributed by atoms with Gasteiger partial charge in [0.15, 0.2) is 0 Å². The number of phenols is 1. The Hall–Kier alpha value is -1.77. The first-order valence-electron chi connectivity index (χ1n) is 15.3. The van der Waals surface area contributed by atoms with Gasteiger partial charge < -0.3 is 9.84 Å². The van der Waals surface area contributed by atoms with E-state index in [-0.39, 0.29) is 23.2 Å². The number of phenolic OH excluding ortho intramolecular Hbond substituents is 1. The van der Waals surface area contributed by atoms with Crippen molar-refractivity contribution in [1.82, 2.24) is 0 Å². The monoisotopic (exact) mass is 506 g/mol. The molecule has 0 bridgehead atoms. The molecule has 1 N–H and O–H groups in total. The average molecular weight is 507 g/mol. The summed E-state index contributed by atoms with van der Waals surface area (Å²) in [6, 6.07) is 6.40. The van der Waals surface area contributed by atoms with Crippen molar-refractivity contribution in [3.8, 4) is 5.75 Å². The highest BCUT2D eigenvalue weighted by atomic mass is 16.5. The molecule has 0 saturated heterocycles. The van der Waals surface area contributed by atoms with Crippen LogP contribution in [-0.4, -0.2) is 17.2 Å². The number of esters is 1. The molecule has 3 heteroatoms. The van der Waals surface area contributed by atoms with Gasteiger partial charge in [0, 0.05) is 6.42 Å². The minimum absolute atomic E-state index is 0.0337. The number of carbonyl (C=O) groups excluding carboxylic acids is 1. The molecule has 4 aliphatic rings. The van der Waals surface area contributed by atoms with Crippen LogP contribution in [0.4, 0.5) is 0 Å². The molecule has 204 valence electrons. The van der Waals surface area contributed by atoms with Crippen LogP contribution >= 0.6 is 0 Å². The lowest BCUT2D eigenvalue weighted by Crippen LogP contribution is -2.51. The quantitative estimate of drug-likeness (QED) is 0.296. The van der Waals surface area contributed by atoms with Crippen LogP contribution in [0.5, 0.6) is 5.75 Å². The predicted octanol–water partition coefficient (Wildman–Crippen LogP) is 8.96. The van der Waals surface area contributed by atoms with Crippen LogP contribution in [0.25, 0.3) is 0 Å². The summed E-state index contributed by atoms with van der Waals surface area (Å²) in [6.07, 6.45) is 16.6. The number of hydrogen-bond acceptors (Lipinski definition) is 3. The number of allylic oxidation sites excluding steroid dienone is 1. The third kappa shape index (κ3) is 5.01. The molecule has 1 aromatic rings. The maximum Gasteiger partial charge on any atom is 0.338 e. The molecular formula is C34H50O3. The normalized spacial score (nSPS) is 37.8. The molecule has 8 atom stereocenters. The first-order valence-corrected chi connectivity index (χ1v) is 15.3. The number of aromatic hydroxyl groups is 1. The van der Waals surface area contributed by atoms with E-state index in [0.29, 0.717) is 11.0 Å². The molecule has 6 unspecified atom stereocenters. The van der Waals surface area contributed by atoms with Gasteiger partial charge in [0.05, 0.1) is 5.56 Å². The molecule has 4 aliphatic carbocycles. The average Bonchev–Trinajstić information content (AvgIpc) is 3.21. The highest BCUT2D eigenvalue weighted by molar-refractivity contribution is 5.89. The van der Waals surface area contributed by atoms with Crippen LogP contribution in [0.2, 0.25) is 0 Å². The zero-order chi connectivity index (χ0) is 26.4. The molecule has 3 saturated carbocycles. The summed E-state index contributed by atoms with van der Waals surface area (Å²) < 4.78 is 5.96. The fourth-order valence-corrected chi connectivity index (χ4v) is 9.57. The summed E-state index contributed by atoms with van der Waals surface area (Å²) in [7, 11) is 0. The second-order valence-electron chi connectivity index (χ2n) is 14.1. The van der Waals surface area contributed by atoms with Gasteiger partial charge in [0.25, 0.3) is 0 Å². The molecule has 0 amide bonds. The first kappa shape index (κ1) is 26.8. The minimum Gasteiger partial charge on any atom is -0.508 e. The molecule has 0 radical (unpaired) electrons. The Morgan fingerprint density at radius 1 is 1.00 bits per heavy atom. The summed E-state index contributed by atoms with van der Waals surface area (Å²) in [4.78, 5) is 12.7. The van der Waals surface area contributed by atoms with Crippen molar-refractivity contribution in [3.05, 3.63) is 41.5 Å². The highest BCUT2D eigenvalue weighted by Crippen LogP contribution is 2.67. The van der Waals surface area contributed by atoms with Gasteiger partial charge in [0.1, 0.15) is 11.9 Å². The Balaban J connectivity index is 1.25. The number of hydrogen-bond donors (Lipinski definition) is 1. The Bertz CT molecular complexity index is 993. The van der Waals surface area contributed by atoms with Crippen molar-refractivity contribution in [2.24, 2.45) is 46.3 Å². The maximum absolute atomic E-state index is 12.7. The van der Waals surface area contributed by atoms with Crippen molar-refractivity contribution in [2.45, 2.75) is 111 Å². The van der Waals surface area contributed by atoms with Gasteiger partial charge in [-0.25, -0.2) is 4.79 Å². The number of rotatable bonds is 7. The van der Waals surface area contributed by atoms with Crippen molar-refractivity contribution in [1.29, 1.82) is 0 Å². The van der Waals surface area contributed by atoms with Crippen LogP contribution in [0.15, 0.2) is 35.9 Å². The Morgan fingerprint density at radius 3 is 2.49 bits per heavy atom. The standard InChI is InChI=1S/C34H50O3/c1-22(2)7-6-8-23(3)29-15-16-30-28-14-11-25-21-27(37-32(36)24-9-12-26(35)13-10-24)17-19-33(25,4)31(28)18-20-34(29,30)5/h9-13,22-23,27-31,35H,6-8,14-21H2,1-5H3/t23?,27?,28?,29?,30?,31?,33-,34+/m0/s1. The van der Waals surface area contributed by atoms with Gasteiger partial charge in [-0.3, -0.25) is 0 Å². The SMILES string of the molecule is CC(C)CCCC(C)C1CCC2C3CC=C4CC(OC(=O)c5ccc(O)cc5)CC[C@]4(C)C3CC[C@]12C. The van der Waals surface area contributed by atoms with E-state index in [0.717, 1.165) is 54.8 Å². The van der Waals surface area contributed by atoms with Crippen LogP contribution in [0, 0.1) is 46.3 Å². The lowest BCUT2D eigenvalue weighted by atomic mass is 9.47. The molecule has 0 aromatic heterocycles. The van der Waals surface area contributed by atoms with E-state index < -0.39 is 0 Å². The number of benzene rings is 1. The van der Waals surface area contributed by atoms with Crippen LogP contribution in [-0.2, 0) is 4.74 Å². The number of carbonyl (C=O) groups is 1. The largest absolute Gasteiger partial charge is 0.508 e. The van der Waals surface area contributed by atoms with E-state index in [1.165, 1.54) is 51.4 Å². The second kappa shape index (κ2) is 10.4. The highest BCUT2D eigenvalue weighted by Gasteiger charge is 2.59. The zero-order valence-corrected chi connectivity index (χ0v) is 24.0. The van der Waals surface area contributed by atoms with Gasteiger partial charge in [0.2, 0.25) is 0 Å². The van der Waals surface area contributed by atoms with Gasteiger partial charge in [-0.1, -0.05) is 65.5 Å². The summed E-state index contributed by atoms with van der Waals surface area (Å²) >= 11 is 0. The first-order chi connectivity index (χ1) is 17.6. The predicted molar refractivity (Wildman–Crippen MR) is 150 cm³/mol. The van der Waals surface area contributed by atoms with Gasteiger partial charge in [-0.05, 0) is 116 Å². The Kier molecular flexibility index (Phi) is 7.55. The third-order valence-electron chi connectivity index (χ3n) is 11.6. The summed E-state index contributed by atoms with van der Waals surface area (Å²) in [5.41, 5.74) is 2.87. The maximum atomic E-state index is 12.7. The number of fused-ring (bicyclic) bond motifs is 5. The van der Waals surface area contributed by atoms with E-state index in [1.807, 2.05) is 0 Å². The van der Waals surface area contributed by atoms with Gasteiger partial charge in [-0.15, -0.1) is 0 Å². The fraction of sp³-hybridized carbons (Fsp3) is 0.735.